The van der Waals surface area contributed by atoms with Crippen molar-refractivity contribution in [1.29, 1.82) is 0 Å². The first-order valence-corrected chi connectivity index (χ1v) is 7.10. The van der Waals surface area contributed by atoms with Crippen LogP contribution in [0.15, 0.2) is 18.2 Å². The molecule has 0 saturated carbocycles. The molecule has 1 amide bonds. The number of rotatable bonds is 4. The number of nitrogens with zero attached hydrogens (tertiary/aromatic N) is 2. The average Bonchev–Trinajstić information content (AvgIpc) is 2.87. The standard InChI is InChI=1S/C14H20ClN3O2/c1-17(14(19)20)11-5-7-18(9-11)13-3-2-10(4-6-16)8-12(13)15/h2-3,8,11H,4-7,9,16H2,1H3,(H,19,20)/t11-/m1/s1. The number of nitrogens with two attached hydrogens (primary N) is 1. The number of hydrogen-bond acceptors (Lipinski definition) is 3. The number of hydrogen-bond donors (Lipinski definition) is 2. The van der Waals surface area contributed by atoms with E-state index in [1.165, 1.54) is 4.90 Å². The van der Waals surface area contributed by atoms with Gasteiger partial charge in [0, 0.05) is 20.1 Å². The van der Waals surface area contributed by atoms with E-state index in [0.29, 0.717) is 18.1 Å². The predicted molar refractivity (Wildman–Crippen MR) is 80.6 cm³/mol. The van der Waals surface area contributed by atoms with Gasteiger partial charge in [-0.15, -0.1) is 0 Å². The molecule has 110 valence electrons. The van der Waals surface area contributed by atoms with Gasteiger partial charge in [-0.1, -0.05) is 17.7 Å². The molecule has 0 radical (unpaired) electrons. The Labute approximate surface area is 123 Å². The van der Waals surface area contributed by atoms with Crippen LogP contribution in [0.5, 0.6) is 0 Å². The molecule has 1 aromatic carbocycles. The second kappa shape index (κ2) is 6.33. The van der Waals surface area contributed by atoms with Crippen LogP contribution in [0.1, 0.15) is 12.0 Å². The fourth-order valence-corrected chi connectivity index (χ4v) is 2.88. The highest BCUT2D eigenvalue weighted by atomic mass is 35.5. The molecule has 0 aliphatic carbocycles. The zero-order valence-electron chi connectivity index (χ0n) is 11.6. The van der Waals surface area contributed by atoms with Crippen LogP contribution in [0.3, 0.4) is 0 Å². The van der Waals surface area contributed by atoms with Crippen molar-refractivity contribution in [2.75, 3.05) is 31.6 Å². The first kappa shape index (κ1) is 14.9. The number of amides is 1. The third-order valence-electron chi connectivity index (χ3n) is 3.80. The Hall–Kier alpha value is -1.46. The summed E-state index contributed by atoms with van der Waals surface area (Å²) < 4.78 is 0. The van der Waals surface area contributed by atoms with Crippen molar-refractivity contribution >= 4 is 23.4 Å². The fourth-order valence-electron chi connectivity index (χ4n) is 2.56. The first-order valence-electron chi connectivity index (χ1n) is 6.72. The van der Waals surface area contributed by atoms with Crippen LogP contribution in [-0.4, -0.2) is 48.8 Å². The Bertz CT molecular complexity index is 495. The third kappa shape index (κ3) is 3.16. The van der Waals surface area contributed by atoms with Gasteiger partial charge >= 0.3 is 6.09 Å². The van der Waals surface area contributed by atoms with E-state index in [-0.39, 0.29) is 6.04 Å². The van der Waals surface area contributed by atoms with E-state index in [9.17, 15) is 4.79 Å². The van der Waals surface area contributed by atoms with Gasteiger partial charge in [0.05, 0.1) is 16.8 Å². The van der Waals surface area contributed by atoms with Gasteiger partial charge in [-0.25, -0.2) is 4.79 Å². The van der Waals surface area contributed by atoms with E-state index in [0.717, 1.165) is 30.6 Å². The van der Waals surface area contributed by atoms with E-state index in [4.69, 9.17) is 22.4 Å². The van der Waals surface area contributed by atoms with Crippen molar-refractivity contribution in [3.63, 3.8) is 0 Å². The van der Waals surface area contributed by atoms with E-state index in [2.05, 4.69) is 4.90 Å². The highest BCUT2D eigenvalue weighted by Gasteiger charge is 2.29. The van der Waals surface area contributed by atoms with E-state index in [1.54, 1.807) is 7.05 Å². The molecular formula is C14H20ClN3O2. The summed E-state index contributed by atoms with van der Waals surface area (Å²) in [4.78, 5) is 14.5. The molecule has 6 heteroatoms. The van der Waals surface area contributed by atoms with E-state index >= 15 is 0 Å². The van der Waals surface area contributed by atoms with Crippen LogP contribution in [-0.2, 0) is 6.42 Å². The van der Waals surface area contributed by atoms with Gasteiger partial charge < -0.3 is 20.6 Å². The monoisotopic (exact) mass is 297 g/mol. The molecule has 1 aliphatic heterocycles. The maximum absolute atomic E-state index is 11.0. The molecule has 3 N–H and O–H groups in total. The number of halogens is 1. The summed E-state index contributed by atoms with van der Waals surface area (Å²) in [6.07, 6.45) is 0.745. The Morgan fingerprint density at radius 2 is 2.35 bits per heavy atom. The molecule has 20 heavy (non-hydrogen) atoms. The maximum atomic E-state index is 11.0. The van der Waals surface area contributed by atoms with Crippen LogP contribution in [0.2, 0.25) is 5.02 Å². The van der Waals surface area contributed by atoms with Gasteiger partial charge in [0.2, 0.25) is 0 Å². The van der Waals surface area contributed by atoms with Crippen molar-refractivity contribution in [2.45, 2.75) is 18.9 Å². The van der Waals surface area contributed by atoms with E-state index < -0.39 is 6.09 Å². The van der Waals surface area contributed by atoms with Gasteiger partial charge in [-0.2, -0.15) is 0 Å². The number of carboxylic acid groups (broad SMARTS) is 1. The lowest BCUT2D eigenvalue weighted by atomic mass is 10.1. The van der Waals surface area contributed by atoms with Crippen molar-refractivity contribution in [1.82, 2.24) is 4.90 Å². The summed E-state index contributed by atoms with van der Waals surface area (Å²) >= 11 is 6.32. The van der Waals surface area contributed by atoms with E-state index in [1.807, 2.05) is 18.2 Å². The van der Waals surface area contributed by atoms with Crippen molar-refractivity contribution < 1.29 is 9.90 Å². The molecule has 0 bridgehead atoms. The zero-order valence-corrected chi connectivity index (χ0v) is 12.3. The smallest absolute Gasteiger partial charge is 0.407 e. The largest absolute Gasteiger partial charge is 0.465 e. The molecule has 1 heterocycles. The molecule has 0 spiro atoms. The summed E-state index contributed by atoms with van der Waals surface area (Å²) in [5.74, 6) is 0. The summed E-state index contributed by atoms with van der Waals surface area (Å²) in [5, 5.41) is 9.72. The minimum atomic E-state index is -0.888. The van der Waals surface area contributed by atoms with Crippen LogP contribution in [0, 0.1) is 0 Å². The Kier molecular flexibility index (Phi) is 4.73. The summed E-state index contributed by atoms with van der Waals surface area (Å²) in [6, 6.07) is 5.99. The number of benzene rings is 1. The lowest BCUT2D eigenvalue weighted by molar-refractivity contribution is 0.142. The van der Waals surface area contributed by atoms with Crippen LogP contribution < -0.4 is 10.6 Å². The molecular weight excluding hydrogens is 278 g/mol. The summed E-state index contributed by atoms with van der Waals surface area (Å²) in [5.41, 5.74) is 7.63. The molecule has 0 aromatic heterocycles. The molecule has 1 saturated heterocycles. The van der Waals surface area contributed by atoms with Crippen LogP contribution >= 0.6 is 11.6 Å². The molecule has 1 atom stereocenters. The average molecular weight is 298 g/mol. The molecule has 1 aromatic rings. The number of likely N-dealkylation sites (N-methyl/N-ethyl adjacent to an activating group) is 1. The highest BCUT2D eigenvalue weighted by molar-refractivity contribution is 6.33. The van der Waals surface area contributed by atoms with Crippen LogP contribution in [0.25, 0.3) is 0 Å². The SMILES string of the molecule is CN(C(=O)O)[C@@H]1CCN(c2ccc(CCN)cc2Cl)C1. The lowest BCUT2D eigenvalue weighted by Gasteiger charge is -2.23. The van der Waals surface area contributed by atoms with Gasteiger partial charge in [-0.05, 0) is 37.1 Å². The molecule has 1 fully saturated rings. The van der Waals surface area contributed by atoms with Crippen molar-refractivity contribution in [2.24, 2.45) is 5.73 Å². The second-order valence-electron chi connectivity index (χ2n) is 5.11. The normalized spacial score (nSPS) is 18.4. The minimum absolute atomic E-state index is 0.0206. The van der Waals surface area contributed by atoms with Crippen molar-refractivity contribution in [3.8, 4) is 0 Å². The molecule has 5 nitrogen and oxygen atoms in total. The second-order valence-corrected chi connectivity index (χ2v) is 5.51. The first-order chi connectivity index (χ1) is 9.52. The Morgan fingerprint density at radius 3 is 2.95 bits per heavy atom. The topological polar surface area (TPSA) is 69.8 Å². The molecule has 2 rings (SSSR count). The van der Waals surface area contributed by atoms with Crippen LogP contribution in [0.4, 0.5) is 10.5 Å². The number of carbonyl (C=O) groups is 1. The fraction of sp³-hybridized carbons (Fsp3) is 0.500. The third-order valence-corrected chi connectivity index (χ3v) is 4.10. The Morgan fingerprint density at radius 1 is 1.60 bits per heavy atom. The number of anilines is 1. The maximum Gasteiger partial charge on any atom is 0.407 e. The minimum Gasteiger partial charge on any atom is -0.465 e. The van der Waals surface area contributed by atoms with Gasteiger partial charge in [0.1, 0.15) is 0 Å². The van der Waals surface area contributed by atoms with Gasteiger partial charge in [0.15, 0.2) is 0 Å². The van der Waals surface area contributed by atoms with Crippen molar-refractivity contribution in [3.05, 3.63) is 28.8 Å². The lowest BCUT2D eigenvalue weighted by Crippen LogP contribution is -2.38. The van der Waals surface area contributed by atoms with Gasteiger partial charge in [0.25, 0.3) is 0 Å². The quantitative estimate of drug-likeness (QED) is 0.892. The highest BCUT2D eigenvalue weighted by Crippen LogP contribution is 2.30. The van der Waals surface area contributed by atoms with Gasteiger partial charge in [-0.3, -0.25) is 0 Å². The summed E-state index contributed by atoms with van der Waals surface area (Å²) in [6.45, 7) is 2.10. The zero-order chi connectivity index (χ0) is 14.7. The summed E-state index contributed by atoms with van der Waals surface area (Å²) in [7, 11) is 1.61. The predicted octanol–water partition coefficient (Wildman–Crippen LogP) is 2.03. The molecule has 1 aliphatic rings. The Balaban J connectivity index is 2.08. The molecule has 0 unspecified atom stereocenters.